The van der Waals surface area contributed by atoms with E-state index in [0.29, 0.717) is 30.3 Å². The van der Waals surface area contributed by atoms with Gasteiger partial charge >= 0.3 is 0 Å². The molecule has 0 radical (unpaired) electrons. The molecular formula is C17H19BrN2O4S. The molecule has 0 bridgehead atoms. The lowest BCUT2D eigenvalue weighted by Crippen LogP contribution is -2.18. The van der Waals surface area contributed by atoms with Crippen molar-refractivity contribution in [3.8, 4) is 11.5 Å². The fourth-order valence-corrected chi connectivity index (χ4v) is 3.05. The predicted octanol–water partition coefficient (Wildman–Crippen LogP) is 3.56. The fourth-order valence-electron chi connectivity index (χ4n) is 1.99. The highest BCUT2D eigenvalue weighted by atomic mass is 79.9. The molecule has 0 saturated heterocycles. The minimum atomic E-state index is -3.72. The van der Waals surface area contributed by atoms with Gasteiger partial charge in [0, 0.05) is 16.1 Å². The Hall–Kier alpha value is -2.06. The number of hydrazone groups is 1. The lowest BCUT2D eigenvalue weighted by Gasteiger charge is -2.10. The number of hydrogen-bond donors (Lipinski definition) is 1. The third-order valence-electron chi connectivity index (χ3n) is 3.10. The van der Waals surface area contributed by atoms with Gasteiger partial charge < -0.3 is 9.47 Å². The maximum Gasteiger partial charge on any atom is 0.276 e. The molecule has 0 aromatic heterocycles. The van der Waals surface area contributed by atoms with Crippen LogP contribution < -0.4 is 14.3 Å². The maximum atomic E-state index is 12.2. The Morgan fingerprint density at radius 1 is 1.08 bits per heavy atom. The van der Waals surface area contributed by atoms with Crippen molar-refractivity contribution in [3.05, 3.63) is 52.5 Å². The minimum absolute atomic E-state index is 0.129. The normalized spacial score (nSPS) is 11.5. The zero-order valence-electron chi connectivity index (χ0n) is 13.9. The number of sulfonamides is 1. The van der Waals surface area contributed by atoms with Gasteiger partial charge in [0.25, 0.3) is 10.0 Å². The average Bonchev–Trinajstić information content (AvgIpc) is 2.57. The summed E-state index contributed by atoms with van der Waals surface area (Å²) in [7, 11) is -3.72. The molecule has 0 atom stereocenters. The van der Waals surface area contributed by atoms with Crippen LogP contribution in [-0.2, 0) is 10.0 Å². The van der Waals surface area contributed by atoms with Crippen molar-refractivity contribution < 1.29 is 17.9 Å². The van der Waals surface area contributed by atoms with E-state index in [9.17, 15) is 8.42 Å². The summed E-state index contributed by atoms with van der Waals surface area (Å²) in [5.74, 6) is 1.25. The Morgan fingerprint density at radius 2 is 1.76 bits per heavy atom. The zero-order chi connectivity index (χ0) is 18.3. The SMILES string of the molecule is CCOc1ccc(/C=N/NS(=O)(=O)c2ccc(Br)cc2)c(OCC)c1. The van der Waals surface area contributed by atoms with Gasteiger partial charge in [-0.2, -0.15) is 13.5 Å². The predicted molar refractivity (Wildman–Crippen MR) is 101 cm³/mol. The van der Waals surface area contributed by atoms with Crippen LogP contribution in [0.5, 0.6) is 11.5 Å². The molecule has 0 aliphatic heterocycles. The summed E-state index contributed by atoms with van der Waals surface area (Å²) in [5, 5.41) is 3.84. The van der Waals surface area contributed by atoms with E-state index in [1.807, 2.05) is 13.8 Å². The summed E-state index contributed by atoms with van der Waals surface area (Å²) in [6, 6.07) is 11.6. The highest BCUT2D eigenvalue weighted by Gasteiger charge is 2.12. The summed E-state index contributed by atoms with van der Waals surface area (Å²) in [6.45, 7) is 4.78. The topological polar surface area (TPSA) is 77.0 Å². The van der Waals surface area contributed by atoms with Crippen LogP contribution in [0.25, 0.3) is 0 Å². The van der Waals surface area contributed by atoms with E-state index >= 15 is 0 Å². The van der Waals surface area contributed by atoms with Crippen LogP contribution in [0.1, 0.15) is 19.4 Å². The molecule has 0 aliphatic carbocycles. The Morgan fingerprint density at radius 3 is 2.40 bits per heavy atom. The zero-order valence-corrected chi connectivity index (χ0v) is 16.3. The second-order valence-electron chi connectivity index (χ2n) is 4.87. The number of nitrogens with zero attached hydrogens (tertiary/aromatic N) is 1. The number of benzene rings is 2. The van der Waals surface area contributed by atoms with Crippen molar-refractivity contribution in [3.63, 3.8) is 0 Å². The molecule has 2 aromatic rings. The molecule has 2 aromatic carbocycles. The molecule has 25 heavy (non-hydrogen) atoms. The van der Waals surface area contributed by atoms with Crippen LogP contribution in [-0.4, -0.2) is 27.8 Å². The molecule has 1 N–H and O–H groups in total. The maximum absolute atomic E-state index is 12.2. The summed E-state index contributed by atoms with van der Waals surface area (Å²) in [5.41, 5.74) is 0.642. The summed E-state index contributed by atoms with van der Waals surface area (Å²) in [6.07, 6.45) is 1.40. The molecule has 0 spiro atoms. The Labute approximate surface area is 156 Å². The van der Waals surface area contributed by atoms with Gasteiger partial charge in [-0.25, -0.2) is 4.83 Å². The number of hydrogen-bond acceptors (Lipinski definition) is 5. The number of ether oxygens (including phenoxy) is 2. The van der Waals surface area contributed by atoms with E-state index in [1.54, 1.807) is 30.3 Å². The van der Waals surface area contributed by atoms with Crippen molar-refractivity contribution in [1.29, 1.82) is 0 Å². The largest absolute Gasteiger partial charge is 0.494 e. The van der Waals surface area contributed by atoms with Gasteiger partial charge in [-0.05, 0) is 50.2 Å². The Balaban J connectivity index is 2.16. The number of rotatable bonds is 8. The average molecular weight is 427 g/mol. The summed E-state index contributed by atoms with van der Waals surface area (Å²) in [4.78, 5) is 2.32. The highest BCUT2D eigenvalue weighted by Crippen LogP contribution is 2.24. The number of halogens is 1. The van der Waals surface area contributed by atoms with Crippen LogP contribution in [0.2, 0.25) is 0 Å². The van der Waals surface area contributed by atoms with E-state index < -0.39 is 10.0 Å². The quantitative estimate of drug-likeness (QED) is 0.516. The molecule has 0 heterocycles. The van der Waals surface area contributed by atoms with Gasteiger partial charge in [-0.15, -0.1) is 0 Å². The van der Waals surface area contributed by atoms with E-state index in [4.69, 9.17) is 9.47 Å². The minimum Gasteiger partial charge on any atom is -0.494 e. The third kappa shape index (κ3) is 5.47. The first-order valence-electron chi connectivity index (χ1n) is 7.66. The molecule has 0 aliphatic rings. The first kappa shape index (κ1) is 19.3. The highest BCUT2D eigenvalue weighted by molar-refractivity contribution is 9.10. The van der Waals surface area contributed by atoms with Gasteiger partial charge in [0.1, 0.15) is 11.5 Å². The smallest absolute Gasteiger partial charge is 0.276 e. The first-order valence-corrected chi connectivity index (χ1v) is 9.94. The standard InChI is InChI=1S/C17H19BrN2O4S/c1-3-23-15-8-5-13(17(11-15)24-4-2)12-19-20-25(21,22)16-9-6-14(18)7-10-16/h5-12,20H,3-4H2,1-2H3/b19-12+. The van der Waals surface area contributed by atoms with Crippen LogP contribution >= 0.6 is 15.9 Å². The van der Waals surface area contributed by atoms with Crippen molar-refractivity contribution in [1.82, 2.24) is 4.83 Å². The van der Waals surface area contributed by atoms with Gasteiger partial charge in [0.2, 0.25) is 0 Å². The first-order chi connectivity index (χ1) is 12.0. The van der Waals surface area contributed by atoms with E-state index in [0.717, 1.165) is 4.47 Å². The molecule has 134 valence electrons. The third-order valence-corrected chi connectivity index (χ3v) is 4.86. The molecule has 0 saturated carbocycles. The van der Waals surface area contributed by atoms with Crippen molar-refractivity contribution in [2.45, 2.75) is 18.7 Å². The Kier molecular flexibility index (Phi) is 6.83. The molecule has 0 amide bonds. The fraction of sp³-hybridized carbons (Fsp3) is 0.235. The van der Waals surface area contributed by atoms with Gasteiger partial charge in [0.05, 0.1) is 24.3 Å². The van der Waals surface area contributed by atoms with E-state index in [-0.39, 0.29) is 4.90 Å². The van der Waals surface area contributed by atoms with Crippen molar-refractivity contribution in [2.75, 3.05) is 13.2 Å². The summed E-state index contributed by atoms with van der Waals surface area (Å²) < 4.78 is 36.2. The van der Waals surface area contributed by atoms with Crippen molar-refractivity contribution >= 4 is 32.2 Å². The molecule has 0 unspecified atom stereocenters. The summed E-state index contributed by atoms with van der Waals surface area (Å²) >= 11 is 3.27. The van der Waals surface area contributed by atoms with Gasteiger partial charge in [-0.3, -0.25) is 0 Å². The molecule has 0 fully saturated rings. The molecule has 8 heteroatoms. The van der Waals surface area contributed by atoms with Crippen LogP contribution in [0.4, 0.5) is 0 Å². The van der Waals surface area contributed by atoms with Gasteiger partial charge in [-0.1, -0.05) is 15.9 Å². The van der Waals surface area contributed by atoms with Crippen LogP contribution in [0.3, 0.4) is 0 Å². The molecule has 2 rings (SSSR count). The van der Waals surface area contributed by atoms with Crippen LogP contribution in [0, 0.1) is 0 Å². The van der Waals surface area contributed by atoms with E-state index in [2.05, 4.69) is 25.9 Å². The van der Waals surface area contributed by atoms with E-state index in [1.165, 1.54) is 18.3 Å². The lowest BCUT2D eigenvalue weighted by molar-refractivity contribution is 0.323. The Bertz CT molecular complexity index is 836. The number of nitrogens with one attached hydrogen (secondary N) is 1. The van der Waals surface area contributed by atoms with Crippen LogP contribution in [0.15, 0.2) is 56.9 Å². The van der Waals surface area contributed by atoms with Crippen molar-refractivity contribution in [2.24, 2.45) is 5.10 Å². The lowest BCUT2D eigenvalue weighted by atomic mass is 10.2. The molecule has 6 nitrogen and oxygen atoms in total. The monoisotopic (exact) mass is 426 g/mol. The van der Waals surface area contributed by atoms with Gasteiger partial charge in [0.15, 0.2) is 0 Å². The second kappa shape index (κ2) is 8.87. The molecular weight excluding hydrogens is 408 g/mol. The second-order valence-corrected chi connectivity index (χ2v) is 7.45.